The molecule has 0 saturated heterocycles. The third-order valence-corrected chi connectivity index (χ3v) is 6.22. The van der Waals surface area contributed by atoms with E-state index in [0.29, 0.717) is 29.6 Å². The van der Waals surface area contributed by atoms with E-state index in [1.807, 2.05) is 65.7 Å². The third kappa shape index (κ3) is 3.74. The summed E-state index contributed by atoms with van der Waals surface area (Å²) in [4.78, 5) is 19.1. The van der Waals surface area contributed by atoms with Crippen molar-refractivity contribution in [3.63, 3.8) is 0 Å². The van der Waals surface area contributed by atoms with Gasteiger partial charge in [-0.3, -0.25) is 4.79 Å². The van der Waals surface area contributed by atoms with Crippen LogP contribution in [-0.4, -0.2) is 60.2 Å². The number of benzene rings is 1. The van der Waals surface area contributed by atoms with Gasteiger partial charge in [0.05, 0.1) is 24.6 Å². The first-order chi connectivity index (χ1) is 13.5. The van der Waals surface area contributed by atoms with E-state index in [1.54, 1.807) is 12.0 Å². The smallest absolute Gasteiger partial charge is 0.272 e. The van der Waals surface area contributed by atoms with Gasteiger partial charge in [0.25, 0.3) is 5.91 Å². The summed E-state index contributed by atoms with van der Waals surface area (Å²) < 4.78 is 17.5. The van der Waals surface area contributed by atoms with Gasteiger partial charge in [-0.2, -0.15) is 0 Å². The predicted molar refractivity (Wildman–Crippen MR) is 117 cm³/mol. The quantitative estimate of drug-likeness (QED) is 0.496. The summed E-state index contributed by atoms with van der Waals surface area (Å²) in [5.41, 5.74) is 1.98. The van der Waals surface area contributed by atoms with Gasteiger partial charge in [-0.1, -0.05) is 0 Å². The maximum atomic E-state index is 13.3. The highest BCUT2D eigenvalue weighted by atomic mass is 79.9. The molecule has 29 heavy (non-hydrogen) atoms. The SMILES string of the molecule is COc1cc2c(cc1OC(C)C)N1C(=C(C(=O)N(C)C(C)(C)C)N(C)C1Br)CO2. The average Bonchev–Trinajstić information content (AvgIpc) is 2.89. The van der Waals surface area contributed by atoms with E-state index in [-0.39, 0.29) is 22.6 Å². The first-order valence-corrected chi connectivity index (χ1v) is 10.6. The predicted octanol–water partition coefficient (Wildman–Crippen LogP) is 3.77. The van der Waals surface area contributed by atoms with Crippen molar-refractivity contribution in [3.05, 3.63) is 23.5 Å². The fourth-order valence-corrected chi connectivity index (χ4v) is 4.02. The second kappa shape index (κ2) is 7.63. The van der Waals surface area contributed by atoms with E-state index in [0.717, 1.165) is 11.4 Å². The lowest BCUT2D eigenvalue weighted by Crippen LogP contribution is -2.45. The van der Waals surface area contributed by atoms with Gasteiger partial charge in [-0.05, 0) is 50.5 Å². The minimum Gasteiger partial charge on any atom is -0.493 e. The lowest BCUT2D eigenvalue weighted by atomic mass is 10.1. The Balaban J connectivity index is 2.09. The Morgan fingerprint density at radius 1 is 1.31 bits per heavy atom. The molecule has 0 N–H and O–H groups in total. The number of hydrogen-bond donors (Lipinski definition) is 0. The second-order valence-electron chi connectivity index (χ2n) is 8.55. The summed E-state index contributed by atoms with van der Waals surface area (Å²) in [6.45, 7) is 10.3. The molecule has 0 aromatic heterocycles. The Hall–Kier alpha value is -2.09. The zero-order chi connectivity index (χ0) is 21.7. The molecule has 0 radical (unpaired) electrons. The molecular weight excluding hydrogens is 438 g/mol. The van der Waals surface area contributed by atoms with Crippen molar-refractivity contribution in [2.24, 2.45) is 0 Å². The summed E-state index contributed by atoms with van der Waals surface area (Å²) in [7, 11) is 5.34. The molecule has 1 amide bonds. The number of halogens is 1. The van der Waals surface area contributed by atoms with Crippen LogP contribution in [0.25, 0.3) is 0 Å². The number of hydrogen-bond acceptors (Lipinski definition) is 6. The van der Waals surface area contributed by atoms with Crippen LogP contribution in [0.2, 0.25) is 0 Å². The van der Waals surface area contributed by atoms with Crippen molar-refractivity contribution >= 4 is 27.5 Å². The maximum absolute atomic E-state index is 13.3. The summed E-state index contributed by atoms with van der Waals surface area (Å²) in [5, 5.41) is -0.215. The zero-order valence-electron chi connectivity index (χ0n) is 18.4. The molecule has 0 saturated carbocycles. The molecule has 1 unspecified atom stereocenters. The molecule has 1 aromatic rings. The van der Waals surface area contributed by atoms with Gasteiger partial charge >= 0.3 is 0 Å². The zero-order valence-corrected chi connectivity index (χ0v) is 20.0. The fourth-order valence-electron chi connectivity index (χ4n) is 3.35. The Morgan fingerprint density at radius 3 is 2.52 bits per heavy atom. The normalized spacial score (nSPS) is 18.5. The molecule has 160 valence electrons. The van der Waals surface area contributed by atoms with E-state index < -0.39 is 0 Å². The van der Waals surface area contributed by atoms with Crippen molar-refractivity contribution < 1.29 is 19.0 Å². The molecule has 2 heterocycles. The van der Waals surface area contributed by atoms with Crippen LogP contribution in [0.15, 0.2) is 23.5 Å². The monoisotopic (exact) mass is 467 g/mol. The Labute approximate surface area is 181 Å². The van der Waals surface area contributed by atoms with Gasteiger partial charge in [0.15, 0.2) is 16.6 Å². The van der Waals surface area contributed by atoms with Crippen LogP contribution in [0.5, 0.6) is 17.2 Å². The Bertz CT molecular complexity index is 847. The van der Waals surface area contributed by atoms with Gasteiger partial charge in [0.2, 0.25) is 0 Å². The van der Waals surface area contributed by atoms with Crippen molar-refractivity contribution in [3.8, 4) is 17.2 Å². The summed E-state index contributed by atoms with van der Waals surface area (Å²) in [6.07, 6.45) is 0.0000595. The molecule has 0 spiro atoms. The molecule has 8 heteroatoms. The molecule has 3 rings (SSSR count). The van der Waals surface area contributed by atoms with Crippen LogP contribution in [0.3, 0.4) is 0 Å². The first kappa shape index (κ1) is 21.6. The largest absolute Gasteiger partial charge is 0.493 e. The molecule has 0 aliphatic carbocycles. The molecule has 1 aromatic carbocycles. The minimum atomic E-state index is -0.292. The lowest BCUT2D eigenvalue weighted by molar-refractivity contribution is -0.131. The standard InChI is InChI=1S/C21H30BrN3O4/c1-12(2)29-17-9-13-15(10-16(17)27-8)28-11-14-18(23(6)20(22)25(13)14)19(26)24(7)21(3,4)5/h9-10,12,20H,11H2,1-8H3. The highest BCUT2D eigenvalue weighted by molar-refractivity contribution is 9.09. The molecule has 1 atom stereocenters. The number of carbonyl (C=O) groups is 1. The number of likely N-dealkylation sites (N-methyl/N-ethyl adjacent to an activating group) is 2. The van der Waals surface area contributed by atoms with Gasteiger partial charge < -0.3 is 28.9 Å². The summed E-state index contributed by atoms with van der Waals surface area (Å²) in [5.74, 6) is 1.91. The second-order valence-corrected chi connectivity index (χ2v) is 9.37. The van der Waals surface area contributed by atoms with E-state index in [2.05, 4.69) is 20.8 Å². The number of anilines is 1. The lowest BCUT2D eigenvalue weighted by Gasteiger charge is -2.34. The van der Waals surface area contributed by atoms with Crippen molar-refractivity contribution in [2.75, 3.05) is 32.7 Å². The summed E-state index contributed by atoms with van der Waals surface area (Å²) >= 11 is 3.75. The van der Waals surface area contributed by atoms with Crippen LogP contribution in [0, 0.1) is 0 Å². The van der Waals surface area contributed by atoms with Crippen molar-refractivity contribution in [1.82, 2.24) is 9.80 Å². The van der Waals surface area contributed by atoms with E-state index in [1.165, 1.54) is 0 Å². The van der Waals surface area contributed by atoms with Crippen LogP contribution < -0.4 is 19.1 Å². The van der Waals surface area contributed by atoms with E-state index in [4.69, 9.17) is 14.2 Å². The van der Waals surface area contributed by atoms with Gasteiger partial charge in [0, 0.05) is 31.8 Å². The molecule has 2 aliphatic heterocycles. The molecule has 0 fully saturated rings. The van der Waals surface area contributed by atoms with Crippen molar-refractivity contribution in [1.29, 1.82) is 0 Å². The van der Waals surface area contributed by atoms with Gasteiger partial charge in [-0.25, -0.2) is 0 Å². The van der Waals surface area contributed by atoms with E-state index in [9.17, 15) is 4.79 Å². The highest BCUT2D eigenvalue weighted by Crippen LogP contribution is 2.48. The first-order valence-electron chi connectivity index (χ1n) is 9.66. The number of amides is 1. The number of alkyl halides is 1. The molecular formula is C21H30BrN3O4. The van der Waals surface area contributed by atoms with Crippen LogP contribution >= 0.6 is 15.9 Å². The number of ether oxygens (including phenoxy) is 3. The number of rotatable bonds is 4. The number of methoxy groups -OCH3 is 1. The Kier molecular flexibility index (Phi) is 5.69. The van der Waals surface area contributed by atoms with Crippen LogP contribution in [-0.2, 0) is 4.79 Å². The fraction of sp³-hybridized carbons (Fsp3) is 0.571. The number of carbonyl (C=O) groups excluding carboxylic acids is 1. The third-order valence-electron chi connectivity index (χ3n) is 5.19. The van der Waals surface area contributed by atoms with E-state index >= 15 is 0 Å². The van der Waals surface area contributed by atoms with Gasteiger partial charge in [-0.15, -0.1) is 0 Å². The van der Waals surface area contributed by atoms with Crippen LogP contribution in [0.1, 0.15) is 34.6 Å². The molecule has 0 bridgehead atoms. The van der Waals surface area contributed by atoms with Crippen LogP contribution in [0.4, 0.5) is 5.69 Å². The maximum Gasteiger partial charge on any atom is 0.272 e. The Morgan fingerprint density at radius 2 is 1.97 bits per heavy atom. The van der Waals surface area contributed by atoms with Crippen molar-refractivity contribution in [2.45, 2.75) is 51.3 Å². The minimum absolute atomic E-state index is 0.0000595. The number of fused-ring (bicyclic) bond motifs is 3. The average molecular weight is 468 g/mol. The summed E-state index contributed by atoms with van der Waals surface area (Å²) in [6, 6.07) is 3.75. The van der Waals surface area contributed by atoms with Gasteiger partial charge in [0.1, 0.15) is 18.1 Å². The molecule has 7 nitrogen and oxygen atoms in total. The topological polar surface area (TPSA) is 54.5 Å². The highest BCUT2D eigenvalue weighted by Gasteiger charge is 2.44. The molecule has 2 aliphatic rings. The number of nitrogens with zero attached hydrogens (tertiary/aromatic N) is 3.